The summed E-state index contributed by atoms with van der Waals surface area (Å²) in [5, 5.41) is 6.84. The molecule has 4 heterocycles. The number of aromatic nitrogens is 1. The van der Waals surface area contributed by atoms with Crippen LogP contribution in [-0.4, -0.2) is 48.0 Å². The Balaban J connectivity index is 1.32. The predicted molar refractivity (Wildman–Crippen MR) is 146 cm³/mol. The molecular weight excluding hydrogens is 505 g/mol. The molecule has 2 aliphatic heterocycles. The first kappa shape index (κ1) is 24.3. The molecule has 6 rings (SSSR count). The highest BCUT2D eigenvalue weighted by Crippen LogP contribution is 2.46. The molecule has 0 bridgehead atoms. The number of carbonyl (C=O) groups is 2. The lowest BCUT2D eigenvalue weighted by Gasteiger charge is -2.31. The fourth-order valence-corrected chi connectivity index (χ4v) is 6.12. The summed E-state index contributed by atoms with van der Waals surface area (Å²) in [5.74, 6) is 0.553. The van der Waals surface area contributed by atoms with E-state index in [1.165, 1.54) is 23.5 Å². The summed E-state index contributed by atoms with van der Waals surface area (Å²) < 4.78 is 19.1. The number of hydrogen-bond acceptors (Lipinski definition) is 6. The third-order valence-electron chi connectivity index (χ3n) is 6.87. The molecule has 10 heteroatoms. The topological polar surface area (TPSA) is 86.8 Å². The lowest BCUT2D eigenvalue weighted by molar-refractivity contribution is 0.0917. The van der Waals surface area contributed by atoms with Gasteiger partial charge < -0.3 is 20.3 Å². The Kier molecular flexibility index (Phi) is 6.21. The molecule has 0 unspecified atom stereocenters. The Morgan fingerprint density at radius 1 is 1.16 bits per heavy atom. The number of halogens is 1. The van der Waals surface area contributed by atoms with E-state index in [0.717, 1.165) is 36.9 Å². The number of carbonyl (C=O) groups excluding carboxylic acids is 2. The van der Waals surface area contributed by atoms with E-state index >= 15 is 0 Å². The van der Waals surface area contributed by atoms with E-state index in [4.69, 9.17) is 4.74 Å². The van der Waals surface area contributed by atoms with E-state index < -0.39 is 0 Å². The Bertz CT molecular complexity index is 1550. The van der Waals surface area contributed by atoms with Gasteiger partial charge in [0.15, 0.2) is 0 Å². The summed E-state index contributed by atoms with van der Waals surface area (Å²) in [6.07, 6.45) is 3.62. The van der Waals surface area contributed by atoms with Crippen LogP contribution in [0.2, 0.25) is 0 Å². The van der Waals surface area contributed by atoms with E-state index in [-0.39, 0.29) is 23.8 Å². The minimum Gasteiger partial charge on any atom is -0.457 e. The number of urea groups is 1. The van der Waals surface area contributed by atoms with Crippen LogP contribution < -0.4 is 20.3 Å². The van der Waals surface area contributed by atoms with Gasteiger partial charge in [-0.1, -0.05) is 0 Å². The zero-order valence-corrected chi connectivity index (χ0v) is 21.8. The monoisotopic (exact) mass is 531 g/mol. The van der Waals surface area contributed by atoms with Gasteiger partial charge in [0.25, 0.3) is 5.91 Å². The minimum absolute atomic E-state index is 0.0696. The first-order chi connectivity index (χ1) is 18.4. The highest BCUT2D eigenvalue weighted by Gasteiger charge is 2.34. The molecule has 194 valence electrons. The van der Waals surface area contributed by atoms with Crippen molar-refractivity contribution in [2.24, 2.45) is 0 Å². The van der Waals surface area contributed by atoms with Crippen molar-refractivity contribution in [3.05, 3.63) is 71.0 Å². The molecule has 38 heavy (non-hydrogen) atoms. The molecule has 0 saturated carbocycles. The number of likely N-dealkylation sites (tertiary alicyclic amines) is 1. The largest absolute Gasteiger partial charge is 0.457 e. The number of thiophene rings is 1. The molecule has 4 aromatic rings. The van der Waals surface area contributed by atoms with Gasteiger partial charge in [-0.3, -0.25) is 9.69 Å². The number of nitrogens with one attached hydrogen (secondary N) is 2. The number of rotatable bonds is 5. The van der Waals surface area contributed by atoms with Crippen molar-refractivity contribution in [1.82, 2.24) is 15.2 Å². The number of hydrogen-bond donors (Lipinski definition) is 2. The fourth-order valence-electron chi connectivity index (χ4n) is 5.10. The zero-order chi connectivity index (χ0) is 26.4. The summed E-state index contributed by atoms with van der Waals surface area (Å²) in [7, 11) is 2.05. The molecule has 3 amide bonds. The molecule has 0 spiro atoms. The van der Waals surface area contributed by atoms with Crippen molar-refractivity contribution in [2.45, 2.75) is 25.8 Å². The Labute approximate surface area is 223 Å². The number of amides is 3. The number of likely N-dealkylation sites (N-methyl/N-ethyl adjacent to an activating group) is 1. The number of piperidine rings is 1. The molecule has 2 aromatic heterocycles. The second-order valence-electron chi connectivity index (χ2n) is 9.66. The molecule has 2 N–H and O–H groups in total. The number of aryl methyl sites for hydroxylation is 1. The van der Waals surface area contributed by atoms with Gasteiger partial charge in [0.2, 0.25) is 0 Å². The van der Waals surface area contributed by atoms with Gasteiger partial charge >= 0.3 is 6.03 Å². The maximum Gasteiger partial charge on any atom is 0.331 e. The van der Waals surface area contributed by atoms with Crippen LogP contribution in [0.15, 0.2) is 54.7 Å². The Morgan fingerprint density at radius 3 is 2.71 bits per heavy atom. The highest BCUT2D eigenvalue weighted by atomic mass is 32.1. The normalized spacial score (nSPS) is 17.4. The van der Waals surface area contributed by atoms with Crippen molar-refractivity contribution in [3.8, 4) is 11.5 Å². The van der Waals surface area contributed by atoms with Crippen molar-refractivity contribution >= 4 is 50.6 Å². The van der Waals surface area contributed by atoms with Gasteiger partial charge in [-0.15, -0.1) is 11.3 Å². The van der Waals surface area contributed by atoms with Crippen LogP contribution in [-0.2, 0) is 0 Å². The fraction of sp³-hybridized carbons (Fsp3) is 0.250. The summed E-state index contributed by atoms with van der Waals surface area (Å²) in [4.78, 5) is 36.2. The molecule has 1 atom stereocenters. The van der Waals surface area contributed by atoms with Crippen molar-refractivity contribution in [3.63, 3.8) is 0 Å². The van der Waals surface area contributed by atoms with Gasteiger partial charge in [0.05, 0.1) is 22.4 Å². The first-order valence-electron chi connectivity index (χ1n) is 12.4. The number of pyridine rings is 1. The lowest BCUT2D eigenvalue weighted by Crippen LogP contribution is -2.46. The molecule has 8 nitrogen and oxygen atoms in total. The molecule has 1 saturated heterocycles. The number of nitrogens with zero attached hydrogens (tertiary/aromatic N) is 3. The van der Waals surface area contributed by atoms with E-state index in [2.05, 4.69) is 27.6 Å². The predicted octanol–water partition coefficient (Wildman–Crippen LogP) is 6.04. The van der Waals surface area contributed by atoms with Crippen molar-refractivity contribution in [2.75, 3.05) is 30.4 Å². The molecule has 2 aliphatic rings. The Hall–Kier alpha value is -4.02. The number of anilines is 3. The second-order valence-corrected chi connectivity index (χ2v) is 10.7. The van der Waals surface area contributed by atoms with E-state index in [9.17, 15) is 14.0 Å². The molecule has 2 aromatic carbocycles. The number of ether oxygens (including phenoxy) is 1. The van der Waals surface area contributed by atoms with Crippen LogP contribution in [0.3, 0.4) is 0 Å². The van der Waals surface area contributed by atoms with Crippen molar-refractivity contribution < 1.29 is 18.7 Å². The van der Waals surface area contributed by atoms with Crippen LogP contribution in [0.5, 0.6) is 11.5 Å². The van der Waals surface area contributed by atoms with Crippen LogP contribution >= 0.6 is 11.3 Å². The maximum absolute atomic E-state index is 13.5. The Morgan fingerprint density at radius 2 is 1.95 bits per heavy atom. The van der Waals surface area contributed by atoms with Crippen molar-refractivity contribution in [1.29, 1.82) is 0 Å². The summed E-state index contributed by atoms with van der Waals surface area (Å²) in [6, 6.07) is 12.7. The van der Waals surface area contributed by atoms with Gasteiger partial charge in [-0.25, -0.2) is 14.2 Å². The quantitative estimate of drug-likeness (QED) is 0.328. The molecule has 0 aliphatic carbocycles. The second kappa shape index (κ2) is 9.70. The van der Waals surface area contributed by atoms with Crippen LogP contribution in [0.1, 0.15) is 28.1 Å². The summed E-state index contributed by atoms with van der Waals surface area (Å²) in [6.45, 7) is 3.72. The third kappa shape index (κ3) is 4.46. The third-order valence-corrected chi connectivity index (χ3v) is 7.97. The summed E-state index contributed by atoms with van der Waals surface area (Å²) in [5.41, 5.74) is 2.65. The standard InChI is InChI=1S/C28H26FN5O3S/c1-16-14-20(37-19-7-5-17(29)6-8-19)9-10-21(16)34-22-11-12-30-27-23(22)24(32-28(34)36)25(38-27)26(35)31-18-4-3-13-33(2)15-18/h5-12,14,18H,3-4,13,15H2,1-2H3,(H,31,35)(H,32,36)/t18-/m1/s1. The van der Waals surface area contributed by atoms with Crippen LogP contribution in [0, 0.1) is 12.7 Å². The zero-order valence-electron chi connectivity index (χ0n) is 21.0. The highest BCUT2D eigenvalue weighted by molar-refractivity contribution is 7.21. The van der Waals surface area contributed by atoms with E-state index in [0.29, 0.717) is 38.3 Å². The molecular formula is C28H26FN5O3S. The molecule has 1 fully saturated rings. The van der Waals surface area contributed by atoms with Crippen LogP contribution in [0.4, 0.5) is 26.2 Å². The van der Waals surface area contributed by atoms with Gasteiger partial charge in [0, 0.05) is 18.8 Å². The van der Waals surface area contributed by atoms with Gasteiger partial charge in [-0.05, 0) is 87.5 Å². The lowest BCUT2D eigenvalue weighted by atomic mass is 10.1. The first-order valence-corrected chi connectivity index (χ1v) is 13.2. The van der Waals surface area contributed by atoms with E-state index in [1.807, 2.05) is 19.1 Å². The van der Waals surface area contributed by atoms with Crippen LogP contribution in [0.25, 0.3) is 10.2 Å². The van der Waals surface area contributed by atoms with Gasteiger partial charge in [0.1, 0.15) is 27.0 Å². The summed E-state index contributed by atoms with van der Waals surface area (Å²) >= 11 is 1.28. The maximum atomic E-state index is 13.5. The van der Waals surface area contributed by atoms with Gasteiger partial charge in [-0.2, -0.15) is 0 Å². The smallest absolute Gasteiger partial charge is 0.331 e. The average molecular weight is 532 g/mol. The minimum atomic E-state index is -0.356. The average Bonchev–Trinajstić information content (AvgIpc) is 3.26. The van der Waals surface area contributed by atoms with E-state index in [1.54, 1.807) is 35.4 Å². The SMILES string of the molecule is Cc1cc(Oc2ccc(F)cc2)ccc1N1C(=O)Nc2c(C(=O)N[C@@H]3CCCN(C)C3)sc3nccc1c23. The number of benzene rings is 2. The molecule has 0 radical (unpaired) electrons.